The second kappa shape index (κ2) is 7.65. The van der Waals surface area contributed by atoms with Crippen molar-refractivity contribution in [1.82, 2.24) is 19.5 Å². The monoisotopic (exact) mass is 361 g/mol. The van der Waals surface area contributed by atoms with Crippen LogP contribution >= 0.6 is 0 Å². The van der Waals surface area contributed by atoms with Gasteiger partial charge in [-0.15, -0.1) is 0 Å². The Hall–Kier alpha value is -2.09. The highest BCUT2D eigenvalue weighted by Crippen LogP contribution is 2.32. The third-order valence-electron chi connectivity index (χ3n) is 5.27. The van der Waals surface area contributed by atoms with Crippen LogP contribution in [0, 0.1) is 5.92 Å². The lowest BCUT2D eigenvalue weighted by Crippen LogP contribution is -2.21. The molecular formula is C18H27N5O3. The fourth-order valence-electron chi connectivity index (χ4n) is 3.54. The van der Waals surface area contributed by atoms with Crippen LogP contribution in [0.3, 0.4) is 0 Å². The number of nitrogens with two attached hydrogens (primary N) is 1. The number of nitrogens with one attached hydrogen (secondary N) is 1. The molecule has 0 spiro atoms. The molecule has 0 bridgehead atoms. The van der Waals surface area contributed by atoms with Gasteiger partial charge in [0.15, 0.2) is 11.5 Å². The molecule has 3 heterocycles. The van der Waals surface area contributed by atoms with Gasteiger partial charge in [0.05, 0.1) is 12.7 Å². The summed E-state index contributed by atoms with van der Waals surface area (Å²) in [6, 6.07) is 0.249. The van der Waals surface area contributed by atoms with Crippen LogP contribution in [-0.4, -0.2) is 38.8 Å². The molecule has 3 N–H and O–H groups in total. The average Bonchev–Trinajstić information content (AvgIpc) is 3.40. The van der Waals surface area contributed by atoms with Crippen LogP contribution in [0.25, 0.3) is 11.2 Å². The van der Waals surface area contributed by atoms with Gasteiger partial charge in [0.25, 0.3) is 0 Å². The van der Waals surface area contributed by atoms with Gasteiger partial charge in [-0.25, -0.2) is 4.79 Å². The molecule has 2 aliphatic rings. The quantitative estimate of drug-likeness (QED) is 0.746. The molecule has 1 atom stereocenters. The molecule has 2 aromatic rings. The number of aromatic nitrogens is 4. The normalized spacial score (nSPS) is 20.5. The number of ether oxygens (including phenoxy) is 2. The Morgan fingerprint density at radius 3 is 2.88 bits per heavy atom. The Morgan fingerprint density at radius 2 is 2.12 bits per heavy atom. The second-order valence-electron chi connectivity index (χ2n) is 7.38. The van der Waals surface area contributed by atoms with E-state index >= 15 is 0 Å². The third-order valence-corrected chi connectivity index (χ3v) is 5.27. The highest BCUT2D eigenvalue weighted by Gasteiger charge is 2.21. The van der Waals surface area contributed by atoms with Crippen LogP contribution in [-0.2, 0) is 11.3 Å². The number of H-pyrrole nitrogens is 1. The van der Waals surface area contributed by atoms with E-state index in [1.807, 2.05) is 0 Å². The Bertz CT molecular complexity index is 805. The number of nitrogen functional groups attached to an aromatic ring is 1. The van der Waals surface area contributed by atoms with E-state index in [1.165, 1.54) is 19.3 Å². The van der Waals surface area contributed by atoms with Crippen LogP contribution in [0.15, 0.2) is 4.79 Å². The Morgan fingerprint density at radius 1 is 1.23 bits per heavy atom. The maximum absolute atomic E-state index is 12.3. The maximum atomic E-state index is 12.3. The number of hydrogen-bond acceptors (Lipinski definition) is 6. The molecule has 1 aliphatic heterocycles. The summed E-state index contributed by atoms with van der Waals surface area (Å²) in [6.45, 7) is 2.02. The van der Waals surface area contributed by atoms with Gasteiger partial charge < -0.3 is 20.2 Å². The number of aryl methyl sites for hydroxylation is 1. The number of fused-ring (bicyclic) bond motifs is 1. The topological polar surface area (TPSA) is 108 Å². The zero-order valence-electron chi connectivity index (χ0n) is 15.1. The van der Waals surface area contributed by atoms with Gasteiger partial charge in [-0.2, -0.15) is 9.97 Å². The number of hydrogen-bond donors (Lipinski definition) is 2. The summed E-state index contributed by atoms with van der Waals surface area (Å²) in [5.41, 5.74) is 6.79. The van der Waals surface area contributed by atoms with E-state index in [1.54, 1.807) is 4.57 Å². The fourth-order valence-corrected chi connectivity index (χ4v) is 3.54. The summed E-state index contributed by atoms with van der Waals surface area (Å²) in [5, 5.41) is 0. The van der Waals surface area contributed by atoms with Crippen molar-refractivity contribution in [2.45, 2.75) is 64.0 Å². The van der Waals surface area contributed by atoms with Gasteiger partial charge in [0, 0.05) is 13.2 Å². The molecule has 8 heteroatoms. The summed E-state index contributed by atoms with van der Waals surface area (Å²) in [5.74, 6) is 1.03. The average molecular weight is 361 g/mol. The van der Waals surface area contributed by atoms with E-state index in [4.69, 9.17) is 15.2 Å². The van der Waals surface area contributed by atoms with Crippen LogP contribution in [0.4, 0.5) is 5.82 Å². The van der Waals surface area contributed by atoms with E-state index < -0.39 is 0 Å². The molecule has 26 heavy (non-hydrogen) atoms. The van der Waals surface area contributed by atoms with Gasteiger partial charge in [0.2, 0.25) is 0 Å². The smallest absolute Gasteiger partial charge is 0.327 e. The van der Waals surface area contributed by atoms with Crippen molar-refractivity contribution in [2.75, 3.05) is 18.9 Å². The maximum Gasteiger partial charge on any atom is 0.327 e. The van der Waals surface area contributed by atoms with Crippen LogP contribution in [0.1, 0.15) is 51.4 Å². The largest absolute Gasteiger partial charge is 0.463 e. The van der Waals surface area contributed by atoms with Crippen molar-refractivity contribution >= 4 is 17.0 Å². The number of aromatic amines is 1. The van der Waals surface area contributed by atoms with Crippen LogP contribution in [0.2, 0.25) is 0 Å². The van der Waals surface area contributed by atoms with Gasteiger partial charge in [-0.05, 0) is 44.4 Å². The lowest BCUT2D eigenvalue weighted by molar-refractivity contribution is 0.00952. The Balaban J connectivity index is 1.44. The highest BCUT2D eigenvalue weighted by atomic mass is 16.5. The molecular weight excluding hydrogens is 334 g/mol. The summed E-state index contributed by atoms with van der Waals surface area (Å²) < 4.78 is 13.0. The lowest BCUT2D eigenvalue weighted by atomic mass is 10.0. The van der Waals surface area contributed by atoms with E-state index in [0.717, 1.165) is 44.6 Å². The third kappa shape index (κ3) is 4.00. The standard InChI is InChI=1S/C18H27N5O3/c19-15-14-16(22-17(21-15)26-11-8-12-6-7-12)23(18(24)20-14)9-3-5-13-4-1-2-10-25-13/h12-13H,1-11H2,(H,20,24)(H2,19,21,22). The molecule has 1 aliphatic carbocycles. The zero-order valence-corrected chi connectivity index (χ0v) is 15.1. The molecule has 1 saturated heterocycles. The van der Waals surface area contributed by atoms with Crippen molar-refractivity contribution in [3.8, 4) is 6.01 Å². The van der Waals surface area contributed by atoms with Crippen molar-refractivity contribution in [1.29, 1.82) is 0 Å². The molecule has 2 fully saturated rings. The first-order valence-electron chi connectivity index (χ1n) is 9.71. The Kier molecular flexibility index (Phi) is 5.10. The SMILES string of the molecule is Nc1nc(OCCC2CC2)nc2c1[nH]c(=O)n2CCCC1CCCCO1. The second-order valence-corrected chi connectivity index (χ2v) is 7.38. The molecule has 1 unspecified atom stereocenters. The summed E-state index contributed by atoms with van der Waals surface area (Å²) in [7, 11) is 0. The van der Waals surface area contributed by atoms with Gasteiger partial charge in [0.1, 0.15) is 5.52 Å². The fraction of sp³-hybridized carbons (Fsp3) is 0.722. The first-order chi connectivity index (χ1) is 12.7. The van der Waals surface area contributed by atoms with Gasteiger partial charge >= 0.3 is 11.7 Å². The molecule has 0 radical (unpaired) electrons. The van der Waals surface area contributed by atoms with E-state index in [0.29, 0.717) is 30.4 Å². The van der Waals surface area contributed by atoms with Gasteiger partial charge in [-0.1, -0.05) is 12.8 Å². The first kappa shape index (κ1) is 17.3. The van der Waals surface area contributed by atoms with E-state index in [-0.39, 0.29) is 17.5 Å². The number of imidazole rings is 1. The summed E-state index contributed by atoms with van der Waals surface area (Å²) in [6.07, 6.45) is 9.19. The van der Waals surface area contributed by atoms with Crippen molar-refractivity contribution in [3.63, 3.8) is 0 Å². The van der Waals surface area contributed by atoms with Crippen molar-refractivity contribution in [3.05, 3.63) is 10.5 Å². The molecule has 0 amide bonds. The number of rotatable bonds is 8. The molecule has 8 nitrogen and oxygen atoms in total. The highest BCUT2D eigenvalue weighted by molar-refractivity contribution is 5.81. The summed E-state index contributed by atoms with van der Waals surface area (Å²) >= 11 is 0. The first-order valence-corrected chi connectivity index (χ1v) is 9.71. The lowest BCUT2D eigenvalue weighted by Gasteiger charge is -2.22. The predicted molar refractivity (Wildman–Crippen MR) is 98.2 cm³/mol. The molecule has 2 aromatic heterocycles. The van der Waals surface area contributed by atoms with E-state index in [2.05, 4.69) is 15.0 Å². The number of nitrogens with zero attached hydrogens (tertiary/aromatic N) is 3. The zero-order chi connectivity index (χ0) is 17.9. The van der Waals surface area contributed by atoms with Crippen molar-refractivity contribution < 1.29 is 9.47 Å². The van der Waals surface area contributed by atoms with Crippen LogP contribution < -0.4 is 16.2 Å². The van der Waals surface area contributed by atoms with Gasteiger partial charge in [-0.3, -0.25) is 4.57 Å². The molecule has 4 rings (SSSR count). The minimum absolute atomic E-state index is 0.208. The molecule has 1 saturated carbocycles. The van der Waals surface area contributed by atoms with Crippen molar-refractivity contribution in [2.24, 2.45) is 5.92 Å². The molecule has 142 valence electrons. The van der Waals surface area contributed by atoms with Crippen LogP contribution in [0.5, 0.6) is 6.01 Å². The summed E-state index contributed by atoms with van der Waals surface area (Å²) in [4.78, 5) is 23.7. The predicted octanol–water partition coefficient (Wildman–Crippen LogP) is 2.23. The Labute approximate surface area is 152 Å². The minimum Gasteiger partial charge on any atom is -0.463 e. The number of anilines is 1. The van der Waals surface area contributed by atoms with E-state index in [9.17, 15) is 4.79 Å². The molecule has 0 aromatic carbocycles. The minimum atomic E-state index is -0.208.